The van der Waals surface area contributed by atoms with Crippen molar-refractivity contribution < 1.29 is 4.79 Å². The standard InChI is InChI=1S/C16H17BrN2OS/c17-14-6-8-15(9-7-14)19-16(20)18-10-11-21-12-13-4-2-1-3-5-13/h1-9H,10-12H2,(H2,18,19,20). The van der Waals surface area contributed by atoms with Gasteiger partial charge in [-0.25, -0.2) is 4.79 Å². The first-order valence-corrected chi connectivity index (χ1v) is 8.61. The summed E-state index contributed by atoms with van der Waals surface area (Å²) in [6, 6.07) is 17.7. The van der Waals surface area contributed by atoms with Gasteiger partial charge in [-0.15, -0.1) is 0 Å². The van der Waals surface area contributed by atoms with Crippen molar-refractivity contribution >= 4 is 39.4 Å². The van der Waals surface area contributed by atoms with Gasteiger partial charge in [0, 0.05) is 28.2 Å². The molecule has 2 aromatic rings. The zero-order valence-electron chi connectivity index (χ0n) is 11.5. The van der Waals surface area contributed by atoms with E-state index in [9.17, 15) is 4.79 Å². The third kappa shape index (κ3) is 6.23. The fraction of sp³-hybridized carbons (Fsp3) is 0.188. The largest absolute Gasteiger partial charge is 0.337 e. The van der Waals surface area contributed by atoms with Crippen LogP contribution >= 0.6 is 27.7 Å². The molecule has 0 unspecified atom stereocenters. The summed E-state index contributed by atoms with van der Waals surface area (Å²) in [5.74, 6) is 1.86. The molecule has 0 saturated carbocycles. The van der Waals surface area contributed by atoms with Gasteiger partial charge in [0.25, 0.3) is 0 Å². The Morgan fingerprint density at radius 2 is 1.76 bits per heavy atom. The fourth-order valence-electron chi connectivity index (χ4n) is 1.71. The van der Waals surface area contributed by atoms with Crippen LogP contribution in [0, 0.1) is 0 Å². The monoisotopic (exact) mass is 364 g/mol. The van der Waals surface area contributed by atoms with Gasteiger partial charge < -0.3 is 10.6 Å². The Bertz CT molecular complexity index is 560. The number of carbonyl (C=O) groups excluding carboxylic acids is 1. The second-order valence-corrected chi connectivity index (χ2v) is 6.45. The van der Waals surface area contributed by atoms with E-state index in [-0.39, 0.29) is 6.03 Å². The van der Waals surface area contributed by atoms with E-state index in [1.807, 2.05) is 54.2 Å². The molecule has 2 rings (SSSR count). The number of urea groups is 1. The van der Waals surface area contributed by atoms with Crippen molar-refractivity contribution in [2.75, 3.05) is 17.6 Å². The van der Waals surface area contributed by atoms with Crippen LogP contribution in [0.15, 0.2) is 59.1 Å². The first-order valence-electron chi connectivity index (χ1n) is 6.66. The number of rotatable bonds is 6. The van der Waals surface area contributed by atoms with Gasteiger partial charge >= 0.3 is 6.03 Å². The number of hydrogen-bond acceptors (Lipinski definition) is 2. The summed E-state index contributed by atoms with van der Waals surface area (Å²) in [6.07, 6.45) is 0. The first-order chi connectivity index (χ1) is 10.2. The molecule has 2 amide bonds. The van der Waals surface area contributed by atoms with Crippen molar-refractivity contribution in [2.45, 2.75) is 5.75 Å². The van der Waals surface area contributed by atoms with E-state index in [0.29, 0.717) is 6.54 Å². The SMILES string of the molecule is O=C(NCCSCc1ccccc1)Nc1ccc(Br)cc1. The van der Waals surface area contributed by atoms with Crippen molar-refractivity contribution in [1.29, 1.82) is 0 Å². The molecule has 0 saturated heterocycles. The molecule has 0 bridgehead atoms. The van der Waals surface area contributed by atoms with Crippen LogP contribution in [0.3, 0.4) is 0 Å². The summed E-state index contributed by atoms with van der Waals surface area (Å²) in [5, 5.41) is 5.65. The molecule has 5 heteroatoms. The van der Waals surface area contributed by atoms with Crippen LogP contribution in [0.2, 0.25) is 0 Å². The van der Waals surface area contributed by atoms with Gasteiger partial charge in [-0.3, -0.25) is 0 Å². The van der Waals surface area contributed by atoms with Crippen LogP contribution in [0.5, 0.6) is 0 Å². The van der Waals surface area contributed by atoms with E-state index in [4.69, 9.17) is 0 Å². The molecule has 21 heavy (non-hydrogen) atoms. The van der Waals surface area contributed by atoms with Crippen molar-refractivity contribution in [2.24, 2.45) is 0 Å². The first kappa shape index (κ1) is 15.9. The molecular formula is C16H17BrN2OS. The lowest BCUT2D eigenvalue weighted by atomic mass is 10.2. The summed E-state index contributed by atoms with van der Waals surface area (Å²) < 4.78 is 0.991. The van der Waals surface area contributed by atoms with Crippen molar-refractivity contribution in [1.82, 2.24) is 5.32 Å². The van der Waals surface area contributed by atoms with Crippen LogP contribution in [-0.2, 0) is 5.75 Å². The second kappa shape index (κ2) is 8.74. The van der Waals surface area contributed by atoms with E-state index < -0.39 is 0 Å². The average Bonchev–Trinajstić information content (AvgIpc) is 2.50. The second-order valence-electron chi connectivity index (χ2n) is 4.43. The molecule has 0 atom stereocenters. The Morgan fingerprint density at radius 3 is 2.48 bits per heavy atom. The lowest BCUT2D eigenvalue weighted by Gasteiger charge is -2.07. The number of hydrogen-bond donors (Lipinski definition) is 2. The van der Waals surface area contributed by atoms with Crippen LogP contribution in [0.1, 0.15) is 5.56 Å². The van der Waals surface area contributed by atoms with Gasteiger partial charge in [-0.05, 0) is 29.8 Å². The fourth-order valence-corrected chi connectivity index (χ4v) is 2.79. The number of anilines is 1. The number of benzene rings is 2. The van der Waals surface area contributed by atoms with Gasteiger partial charge in [-0.1, -0.05) is 46.3 Å². The quantitative estimate of drug-likeness (QED) is 0.740. The van der Waals surface area contributed by atoms with E-state index in [1.54, 1.807) is 0 Å². The van der Waals surface area contributed by atoms with Crippen molar-refractivity contribution in [3.63, 3.8) is 0 Å². The highest BCUT2D eigenvalue weighted by molar-refractivity contribution is 9.10. The topological polar surface area (TPSA) is 41.1 Å². The highest BCUT2D eigenvalue weighted by Crippen LogP contribution is 2.14. The Kier molecular flexibility index (Phi) is 6.63. The Labute approximate surface area is 137 Å². The highest BCUT2D eigenvalue weighted by atomic mass is 79.9. The molecule has 0 aliphatic rings. The summed E-state index contributed by atoms with van der Waals surface area (Å²) in [5.41, 5.74) is 2.09. The Balaban J connectivity index is 1.60. The van der Waals surface area contributed by atoms with E-state index in [2.05, 4.69) is 38.7 Å². The minimum absolute atomic E-state index is 0.169. The Hall–Kier alpha value is -1.46. The third-order valence-electron chi connectivity index (χ3n) is 2.75. The molecule has 0 heterocycles. The minimum atomic E-state index is -0.169. The lowest BCUT2D eigenvalue weighted by molar-refractivity contribution is 0.252. The van der Waals surface area contributed by atoms with Gasteiger partial charge in [-0.2, -0.15) is 11.8 Å². The molecule has 110 valence electrons. The third-order valence-corrected chi connectivity index (χ3v) is 4.30. The van der Waals surface area contributed by atoms with Gasteiger partial charge in [0.2, 0.25) is 0 Å². The maximum Gasteiger partial charge on any atom is 0.319 e. The molecule has 2 aromatic carbocycles. The van der Waals surface area contributed by atoms with Crippen LogP contribution in [0.4, 0.5) is 10.5 Å². The molecule has 0 aliphatic carbocycles. The summed E-state index contributed by atoms with van der Waals surface area (Å²) in [7, 11) is 0. The number of halogens is 1. The molecule has 0 radical (unpaired) electrons. The van der Waals surface area contributed by atoms with Crippen LogP contribution < -0.4 is 10.6 Å². The zero-order chi connectivity index (χ0) is 14.9. The highest BCUT2D eigenvalue weighted by Gasteiger charge is 2.00. The summed E-state index contributed by atoms with van der Waals surface area (Å²) in [6.45, 7) is 0.653. The molecule has 3 nitrogen and oxygen atoms in total. The minimum Gasteiger partial charge on any atom is -0.337 e. The molecule has 2 N–H and O–H groups in total. The molecule has 0 aliphatic heterocycles. The van der Waals surface area contributed by atoms with Crippen LogP contribution in [0.25, 0.3) is 0 Å². The predicted molar refractivity (Wildman–Crippen MR) is 93.8 cm³/mol. The van der Waals surface area contributed by atoms with Crippen molar-refractivity contribution in [3.05, 3.63) is 64.6 Å². The maximum atomic E-state index is 11.7. The zero-order valence-corrected chi connectivity index (χ0v) is 13.9. The normalized spacial score (nSPS) is 10.1. The molecular weight excluding hydrogens is 348 g/mol. The maximum absolute atomic E-state index is 11.7. The molecule has 0 fully saturated rings. The Morgan fingerprint density at radius 1 is 1.05 bits per heavy atom. The summed E-state index contributed by atoms with van der Waals surface area (Å²) in [4.78, 5) is 11.7. The average molecular weight is 365 g/mol. The van der Waals surface area contributed by atoms with Gasteiger partial charge in [0.05, 0.1) is 0 Å². The van der Waals surface area contributed by atoms with E-state index in [1.165, 1.54) is 5.56 Å². The van der Waals surface area contributed by atoms with Gasteiger partial charge in [0.1, 0.15) is 0 Å². The van der Waals surface area contributed by atoms with Gasteiger partial charge in [0.15, 0.2) is 0 Å². The number of carbonyl (C=O) groups is 1. The lowest BCUT2D eigenvalue weighted by Crippen LogP contribution is -2.30. The molecule has 0 aromatic heterocycles. The smallest absolute Gasteiger partial charge is 0.319 e. The van der Waals surface area contributed by atoms with Crippen molar-refractivity contribution in [3.8, 4) is 0 Å². The number of thioether (sulfide) groups is 1. The van der Waals surface area contributed by atoms with E-state index >= 15 is 0 Å². The van der Waals surface area contributed by atoms with Crippen LogP contribution in [-0.4, -0.2) is 18.3 Å². The van der Waals surface area contributed by atoms with E-state index in [0.717, 1.165) is 21.7 Å². The number of amides is 2. The molecule has 0 spiro atoms. The summed E-state index contributed by atoms with van der Waals surface area (Å²) >= 11 is 5.17. The number of nitrogens with one attached hydrogen (secondary N) is 2. The predicted octanol–water partition coefficient (Wildman–Crippen LogP) is 4.50.